The van der Waals surface area contributed by atoms with Crippen molar-refractivity contribution in [3.05, 3.63) is 52.7 Å². The van der Waals surface area contributed by atoms with E-state index in [1.165, 1.54) is 0 Å². The fourth-order valence-electron chi connectivity index (χ4n) is 1.61. The summed E-state index contributed by atoms with van der Waals surface area (Å²) in [6.07, 6.45) is 1.75. The minimum atomic E-state index is -0.906. The third-order valence-electron chi connectivity index (χ3n) is 2.33. The number of carboxylic acid groups (broad SMARTS) is 1. The predicted octanol–water partition coefficient (Wildman–Crippen LogP) is 3.76. The van der Waals surface area contributed by atoms with Crippen LogP contribution in [-0.2, 0) is 0 Å². The van der Waals surface area contributed by atoms with Gasteiger partial charge in [-0.3, -0.25) is 0 Å². The quantitative estimate of drug-likeness (QED) is 0.871. The zero-order valence-electron chi connectivity index (χ0n) is 8.51. The van der Waals surface area contributed by atoms with Crippen molar-refractivity contribution in [1.82, 2.24) is 0 Å². The lowest BCUT2D eigenvalue weighted by atomic mass is 10.0. The van der Waals surface area contributed by atoms with Gasteiger partial charge in [0.05, 0.1) is 5.56 Å². The first-order valence-electron chi connectivity index (χ1n) is 4.76. The van der Waals surface area contributed by atoms with E-state index in [0.29, 0.717) is 5.56 Å². The van der Waals surface area contributed by atoms with E-state index in [0.717, 1.165) is 16.0 Å². The van der Waals surface area contributed by atoms with Crippen molar-refractivity contribution in [2.24, 2.45) is 0 Å². The molecule has 0 radical (unpaired) electrons. The molecule has 0 spiro atoms. The van der Waals surface area contributed by atoms with Gasteiger partial charge in [-0.25, -0.2) is 4.79 Å². The number of thiophene rings is 1. The molecule has 0 saturated heterocycles. The van der Waals surface area contributed by atoms with E-state index >= 15 is 0 Å². The lowest BCUT2D eigenvalue weighted by Gasteiger charge is -2.04. The highest BCUT2D eigenvalue weighted by Crippen LogP contribution is 2.31. The van der Waals surface area contributed by atoms with Crippen LogP contribution in [0.15, 0.2) is 42.3 Å². The van der Waals surface area contributed by atoms with Gasteiger partial charge in [-0.1, -0.05) is 30.9 Å². The van der Waals surface area contributed by atoms with Crippen molar-refractivity contribution in [3.63, 3.8) is 0 Å². The van der Waals surface area contributed by atoms with Gasteiger partial charge in [0.25, 0.3) is 0 Å². The van der Waals surface area contributed by atoms with Crippen molar-refractivity contribution in [2.75, 3.05) is 0 Å². The Labute approximate surface area is 97.5 Å². The van der Waals surface area contributed by atoms with Crippen LogP contribution in [0.25, 0.3) is 17.2 Å². The number of carboxylic acids is 1. The molecule has 0 bridgehead atoms. The second-order valence-corrected chi connectivity index (χ2v) is 4.20. The SMILES string of the molecule is C=Cc1sccc1-c1ccccc1C(=O)O. The zero-order valence-corrected chi connectivity index (χ0v) is 9.33. The molecule has 1 heterocycles. The Morgan fingerprint density at radius 3 is 2.69 bits per heavy atom. The normalized spacial score (nSPS) is 10.0. The molecular weight excluding hydrogens is 220 g/mol. The van der Waals surface area contributed by atoms with E-state index in [4.69, 9.17) is 5.11 Å². The molecule has 2 nitrogen and oxygen atoms in total. The van der Waals surface area contributed by atoms with Gasteiger partial charge in [0.15, 0.2) is 0 Å². The molecule has 3 heteroatoms. The number of rotatable bonds is 3. The topological polar surface area (TPSA) is 37.3 Å². The summed E-state index contributed by atoms with van der Waals surface area (Å²) in [5.74, 6) is -0.906. The first-order valence-corrected chi connectivity index (χ1v) is 5.64. The van der Waals surface area contributed by atoms with E-state index in [2.05, 4.69) is 6.58 Å². The van der Waals surface area contributed by atoms with Gasteiger partial charge in [-0.2, -0.15) is 0 Å². The van der Waals surface area contributed by atoms with Crippen LogP contribution < -0.4 is 0 Å². The predicted molar refractivity (Wildman–Crippen MR) is 66.8 cm³/mol. The molecule has 0 saturated carbocycles. The third kappa shape index (κ3) is 1.77. The largest absolute Gasteiger partial charge is 0.478 e. The second kappa shape index (κ2) is 4.33. The third-order valence-corrected chi connectivity index (χ3v) is 3.24. The van der Waals surface area contributed by atoms with Gasteiger partial charge in [0.1, 0.15) is 0 Å². The molecule has 1 aromatic carbocycles. The van der Waals surface area contributed by atoms with Crippen LogP contribution in [0.3, 0.4) is 0 Å². The Bertz CT molecular complexity index is 540. The molecule has 2 rings (SSSR count). The first kappa shape index (κ1) is 10.6. The minimum absolute atomic E-state index is 0.323. The molecule has 0 fully saturated rings. The molecule has 0 aliphatic rings. The van der Waals surface area contributed by atoms with Crippen molar-refractivity contribution in [2.45, 2.75) is 0 Å². The molecule has 0 aliphatic heterocycles. The lowest BCUT2D eigenvalue weighted by molar-refractivity contribution is 0.0698. The smallest absolute Gasteiger partial charge is 0.336 e. The van der Waals surface area contributed by atoms with Gasteiger partial charge < -0.3 is 5.11 Å². The van der Waals surface area contributed by atoms with Gasteiger partial charge in [-0.05, 0) is 23.1 Å². The summed E-state index contributed by atoms with van der Waals surface area (Å²) in [6, 6.07) is 8.92. The van der Waals surface area contributed by atoms with Crippen LogP contribution >= 0.6 is 11.3 Å². The van der Waals surface area contributed by atoms with Crippen LogP contribution in [0.5, 0.6) is 0 Å². The zero-order chi connectivity index (χ0) is 11.5. The molecule has 1 N–H and O–H groups in total. The summed E-state index contributed by atoms with van der Waals surface area (Å²) in [5.41, 5.74) is 1.99. The van der Waals surface area contributed by atoms with E-state index in [9.17, 15) is 4.79 Å². The standard InChI is InChI=1S/C13H10O2S/c1-2-12-10(7-8-16-12)9-5-3-4-6-11(9)13(14)15/h2-8H,1H2,(H,14,15). The molecule has 0 aliphatic carbocycles. The molecule has 0 unspecified atom stereocenters. The Morgan fingerprint density at radius 2 is 2.00 bits per heavy atom. The summed E-state index contributed by atoms with van der Waals surface area (Å²) in [7, 11) is 0. The number of carbonyl (C=O) groups is 1. The Morgan fingerprint density at radius 1 is 1.25 bits per heavy atom. The maximum absolute atomic E-state index is 11.1. The molecule has 16 heavy (non-hydrogen) atoms. The summed E-state index contributed by atoms with van der Waals surface area (Å²) < 4.78 is 0. The van der Waals surface area contributed by atoms with E-state index in [1.807, 2.05) is 23.6 Å². The van der Waals surface area contributed by atoms with E-state index < -0.39 is 5.97 Å². The summed E-state index contributed by atoms with van der Waals surface area (Å²) in [6.45, 7) is 3.73. The van der Waals surface area contributed by atoms with Gasteiger partial charge in [-0.15, -0.1) is 11.3 Å². The molecular formula is C13H10O2S. The molecule has 80 valence electrons. The maximum Gasteiger partial charge on any atom is 0.336 e. The number of aromatic carboxylic acids is 1. The minimum Gasteiger partial charge on any atom is -0.478 e. The van der Waals surface area contributed by atoms with Crippen LogP contribution in [0.1, 0.15) is 15.2 Å². The van der Waals surface area contributed by atoms with Gasteiger partial charge in [0.2, 0.25) is 0 Å². The highest BCUT2D eigenvalue weighted by Gasteiger charge is 2.13. The summed E-state index contributed by atoms with van der Waals surface area (Å²) in [4.78, 5) is 12.1. The van der Waals surface area contributed by atoms with Gasteiger partial charge >= 0.3 is 5.97 Å². The Kier molecular flexibility index (Phi) is 2.88. The number of hydrogen-bond acceptors (Lipinski definition) is 2. The van der Waals surface area contributed by atoms with Crippen molar-refractivity contribution >= 4 is 23.4 Å². The fourth-order valence-corrected chi connectivity index (χ4v) is 2.36. The van der Waals surface area contributed by atoms with Crippen LogP contribution in [0.2, 0.25) is 0 Å². The average Bonchev–Trinajstić information content (AvgIpc) is 2.76. The van der Waals surface area contributed by atoms with E-state index in [1.54, 1.807) is 29.5 Å². The lowest BCUT2D eigenvalue weighted by Crippen LogP contribution is -1.98. The monoisotopic (exact) mass is 230 g/mol. The molecule has 0 atom stereocenters. The maximum atomic E-state index is 11.1. The Balaban J connectivity index is 2.64. The molecule has 2 aromatic rings. The van der Waals surface area contributed by atoms with Crippen LogP contribution in [0.4, 0.5) is 0 Å². The number of hydrogen-bond donors (Lipinski definition) is 1. The highest BCUT2D eigenvalue weighted by atomic mass is 32.1. The molecule has 1 aromatic heterocycles. The Hall–Kier alpha value is -1.87. The van der Waals surface area contributed by atoms with E-state index in [-0.39, 0.29) is 0 Å². The second-order valence-electron chi connectivity index (χ2n) is 3.25. The van der Waals surface area contributed by atoms with Crippen molar-refractivity contribution < 1.29 is 9.90 Å². The number of benzene rings is 1. The fraction of sp³-hybridized carbons (Fsp3) is 0. The first-order chi connectivity index (χ1) is 7.74. The van der Waals surface area contributed by atoms with Crippen molar-refractivity contribution in [3.8, 4) is 11.1 Å². The van der Waals surface area contributed by atoms with Crippen LogP contribution in [0, 0.1) is 0 Å². The van der Waals surface area contributed by atoms with Crippen LogP contribution in [-0.4, -0.2) is 11.1 Å². The van der Waals surface area contributed by atoms with Crippen molar-refractivity contribution in [1.29, 1.82) is 0 Å². The summed E-state index contributed by atoms with van der Waals surface area (Å²) >= 11 is 1.55. The summed E-state index contributed by atoms with van der Waals surface area (Å²) in [5, 5.41) is 11.0. The van der Waals surface area contributed by atoms with Gasteiger partial charge in [0, 0.05) is 10.4 Å². The average molecular weight is 230 g/mol. The highest BCUT2D eigenvalue weighted by molar-refractivity contribution is 7.11. The molecule has 0 amide bonds.